The van der Waals surface area contributed by atoms with E-state index in [2.05, 4.69) is 19.9 Å². The molecule has 0 aromatic carbocycles. The zero-order valence-corrected chi connectivity index (χ0v) is 21.1. The fourth-order valence-corrected chi connectivity index (χ4v) is 7.82. The summed E-state index contributed by atoms with van der Waals surface area (Å²) >= 11 is 0. The number of carbonyl (C=O) groups is 3. The third-order valence-electron chi connectivity index (χ3n) is 9.55. The first kappa shape index (κ1) is 24.6. The van der Waals surface area contributed by atoms with Gasteiger partial charge < -0.3 is 28.4 Å². The molecule has 0 amide bonds. The summed E-state index contributed by atoms with van der Waals surface area (Å²) in [6.07, 6.45) is 4.96. The minimum Gasteiger partial charge on any atom is -0.472 e. The van der Waals surface area contributed by atoms with Crippen molar-refractivity contribution < 1.29 is 42.8 Å². The normalized spacial score (nSPS) is 47.4. The monoisotopic (exact) mass is 492 g/mol. The van der Waals surface area contributed by atoms with Crippen LogP contribution in [0.5, 0.6) is 0 Å². The van der Waals surface area contributed by atoms with E-state index in [1.807, 2.05) is 0 Å². The molecule has 5 rings (SSSR count). The van der Waals surface area contributed by atoms with Gasteiger partial charge in [0.1, 0.15) is 24.4 Å². The third-order valence-corrected chi connectivity index (χ3v) is 9.55. The summed E-state index contributed by atoms with van der Waals surface area (Å²) in [5, 5.41) is 0. The van der Waals surface area contributed by atoms with Crippen molar-refractivity contribution in [1.29, 1.82) is 0 Å². The van der Waals surface area contributed by atoms with Gasteiger partial charge in [0, 0.05) is 32.1 Å². The van der Waals surface area contributed by atoms with E-state index in [0.29, 0.717) is 25.9 Å². The first-order chi connectivity index (χ1) is 16.5. The van der Waals surface area contributed by atoms with Gasteiger partial charge in [-0.2, -0.15) is 0 Å². The van der Waals surface area contributed by atoms with Crippen molar-refractivity contribution >= 4 is 17.9 Å². The lowest BCUT2D eigenvalue weighted by atomic mass is 9.42. The highest BCUT2D eigenvalue weighted by Gasteiger charge is 2.80. The number of hydrogen-bond acceptors (Lipinski definition) is 9. The van der Waals surface area contributed by atoms with Gasteiger partial charge in [-0.1, -0.05) is 13.8 Å². The van der Waals surface area contributed by atoms with Gasteiger partial charge in [-0.3, -0.25) is 14.4 Å². The molecular formula is C26H36O9. The molecule has 9 nitrogen and oxygen atoms in total. The van der Waals surface area contributed by atoms with Gasteiger partial charge in [-0.15, -0.1) is 0 Å². The smallest absolute Gasteiger partial charge is 0.303 e. The molecule has 2 saturated heterocycles. The van der Waals surface area contributed by atoms with E-state index < -0.39 is 41.1 Å². The van der Waals surface area contributed by atoms with Crippen LogP contribution in [0.15, 0.2) is 12.3 Å². The lowest BCUT2D eigenvalue weighted by Crippen LogP contribution is -2.72. The lowest BCUT2D eigenvalue weighted by molar-refractivity contribution is -0.269. The van der Waals surface area contributed by atoms with E-state index in [9.17, 15) is 14.4 Å². The Morgan fingerprint density at radius 1 is 1.00 bits per heavy atom. The molecule has 2 aliphatic carbocycles. The first-order valence-electron chi connectivity index (χ1n) is 12.6. The molecule has 2 saturated carbocycles. The fourth-order valence-electron chi connectivity index (χ4n) is 7.82. The van der Waals surface area contributed by atoms with Crippen molar-refractivity contribution in [3.8, 4) is 0 Å². The van der Waals surface area contributed by atoms with Crippen molar-refractivity contribution in [2.75, 3.05) is 13.2 Å². The number of fused-ring (bicyclic) bond motifs is 3. The van der Waals surface area contributed by atoms with E-state index in [0.717, 1.165) is 6.42 Å². The van der Waals surface area contributed by atoms with Gasteiger partial charge in [0.15, 0.2) is 0 Å². The predicted octanol–water partition coefficient (Wildman–Crippen LogP) is 2.90. The van der Waals surface area contributed by atoms with Crippen LogP contribution < -0.4 is 0 Å². The molecule has 0 aromatic heterocycles. The number of ether oxygens (including phenoxy) is 6. The molecule has 5 aliphatic rings. The molecule has 0 bridgehead atoms. The zero-order valence-electron chi connectivity index (χ0n) is 21.1. The molecule has 10 atom stereocenters. The molecule has 1 spiro atoms. The Balaban J connectivity index is 1.62. The highest BCUT2D eigenvalue weighted by Crippen LogP contribution is 2.70. The standard InChI is InChI=1S/C26H36O9/c1-14-10-22(34-17(4)29)25(12-31-15(2)27)19(6-7-20(33-16(3)28)26(25)13-32-26)24(14,5)21-11-18-8-9-30-23(18)35-21/h8-9,14,18-23H,6-7,10-13H2,1-5H3/t14-,18-,19-,20-,21+,22+,23+,24+,25+,26+/m0/s1. The maximum absolute atomic E-state index is 12.3. The van der Waals surface area contributed by atoms with Gasteiger partial charge in [0.05, 0.1) is 24.4 Å². The van der Waals surface area contributed by atoms with Gasteiger partial charge in [-0.05, 0) is 43.6 Å². The Morgan fingerprint density at radius 3 is 2.29 bits per heavy atom. The maximum Gasteiger partial charge on any atom is 0.303 e. The quantitative estimate of drug-likeness (QED) is 0.325. The molecule has 9 heteroatoms. The molecule has 0 N–H and O–H groups in total. The maximum atomic E-state index is 12.3. The van der Waals surface area contributed by atoms with Crippen LogP contribution in [0.3, 0.4) is 0 Å². The SMILES string of the molecule is CC(=O)OC[C@]12[C@H](OC(C)=O)C[C@H](C)[C@@](C)([C@H]3C[C@@H]4C=CO[C@@H]4O3)[C@@H]1CC[C@H](OC(C)=O)[C@]21CO1. The van der Waals surface area contributed by atoms with Crippen LogP contribution in [0.4, 0.5) is 0 Å². The van der Waals surface area contributed by atoms with Crippen LogP contribution in [-0.2, 0) is 42.8 Å². The van der Waals surface area contributed by atoms with E-state index >= 15 is 0 Å². The van der Waals surface area contributed by atoms with Gasteiger partial charge in [0.25, 0.3) is 0 Å². The van der Waals surface area contributed by atoms with Crippen LogP contribution in [0.1, 0.15) is 60.3 Å². The molecule has 0 unspecified atom stereocenters. The fraction of sp³-hybridized carbons (Fsp3) is 0.808. The van der Waals surface area contributed by atoms with Crippen LogP contribution in [0, 0.1) is 28.6 Å². The summed E-state index contributed by atoms with van der Waals surface area (Å²) in [4.78, 5) is 36.4. The molecule has 0 radical (unpaired) electrons. The Kier molecular flexibility index (Phi) is 5.95. The van der Waals surface area contributed by atoms with Crippen molar-refractivity contribution in [1.82, 2.24) is 0 Å². The molecule has 35 heavy (non-hydrogen) atoms. The number of carbonyl (C=O) groups excluding carboxylic acids is 3. The van der Waals surface area contributed by atoms with Gasteiger partial charge in [0.2, 0.25) is 6.29 Å². The van der Waals surface area contributed by atoms with Gasteiger partial charge >= 0.3 is 17.9 Å². The van der Waals surface area contributed by atoms with Crippen molar-refractivity contribution in [2.45, 2.75) is 90.5 Å². The number of hydrogen-bond donors (Lipinski definition) is 0. The largest absolute Gasteiger partial charge is 0.472 e. The minimum absolute atomic E-state index is 0.0149. The first-order valence-corrected chi connectivity index (χ1v) is 12.6. The van der Waals surface area contributed by atoms with E-state index in [1.165, 1.54) is 20.8 Å². The Labute approximate surface area is 205 Å². The number of epoxide rings is 1. The molecular weight excluding hydrogens is 456 g/mol. The zero-order chi connectivity index (χ0) is 25.2. The van der Waals surface area contributed by atoms with E-state index in [1.54, 1.807) is 6.26 Å². The Hall–Kier alpha value is -2.13. The summed E-state index contributed by atoms with van der Waals surface area (Å²) < 4.78 is 35.9. The topological polar surface area (TPSA) is 110 Å². The second-order valence-electron chi connectivity index (χ2n) is 11.2. The van der Waals surface area contributed by atoms with Gasteiger partial charge in [-0.25, -0.2) is 0 Å². The summed E-state index contributed by atoms with van der Waals surface area (Å²) in [6.45, 7) is 8.93. The second-order valence-corrected chi connectivity index (χ2v) is 11.2. The van der Waals surface area contributed by atoms with E-state index in [4.69, 9.17) is 28.4 Å². The molecule has 3 aliphatic heterocycles. The summed E-state index contributed by atoms with van der Waals surface area (Å²) in [6, 6.07) is 0. The Morgan fingerprint density at radius 2 is 1.69 bits per heavy atom. The lowest BCUT2D eigenvalue weighted by Gasteiger charge is -2.64. The van der Waals surface area contributed by atoms with Crippen LogP contribution in [0.25, 0.3) is 0 Å². The summed E-state index contributed by atoms with van der Waals surface area (Å²) in [5.41, 5.74) is -2.14. The molecule has 0 aromatic rings. The highest BCUT2D eigenvalue weighted by atomic mass is 16.7. The average Bonchev–Trinajstić information content (AvgIpc) is 3.26. The Bertz CT molecular complexity index is 926. The number of rotatable bonds is 5. The third kappa shape index (κ3) is 3.60. The molecule has 4 fully saturated rings. The van der Waals surface area contributed by atoms with Crippen LogP contribution in [0.2, 0.25) is 0 Å². The minimum atomic E-state index is -0.899. The van der Waals surface area contributed by atoms with Crippen molar-refractivity contribution in [3.63, 3.8) is 0 Å². The van der Waals surface area contributed by atoms with Crippen molar-refractivity contribution in [2.24, 2.45) is 28.6 Å². The van der Waals surface area contributed by atoms with Crippen LogP contribution >= 0.6 is 0 Å². The average molecular weight is 493 g/mol. The summed E-state index contributed by atoms with van der Waals surface area (Å²) in [7, 11) is 0. The van der Waals surface area contributed by atoms with Crippen LogP contribution in [-0.4, -0.2) is 61.3 Å². The van der Waals surface area contributed by atoms with E-state index in [-0.39, 0.29) is 42.2 Å². The van der Waals surface area contributed by atoms with Crippen molar-refractivity contribution in [3.05, 3.63) is 12.3 Å². The molecule has 194 valence electrons. The highest BCUT2D eigenvalue weighted by molar-refractivity contribution is 5.67. The summed E-state index contributed by atoms with van der Waals surface area (Å²) in [5.74, 6) is -0.960. The second kappa shape index (κ2) is 8.47. The number of esters is 3. The molecule has 3 heterocycles. The predicted molar refractivity (Wildman–Crippen MR) is 120 cm³/mol.